The zero-order valence-electron chi connectivity index (χ0n) is 15.5. The van der Waals surface area contributed by atoms with Crippen LogP contribution >= 0.6 is 0 Å². The standard InChI is InChI=1S/C22H30O2/c1-17-9-11-21(19(3)15-17)23-13-7-5-6-8-14-24-22-12-10-18(2)16-20(22)4/h9-12,15-16H,5-8,13-14H2,1-4H3. The molecular weight excluding hydrogens is 296 g/mol. The Balaban J connectivity index is 1.55. The average Bonchev–Trinajstić information content (AvgIpc) is 2.53. The molecule has 0 aliphatic rings. The van der Waals surface area contributed by atoms with Crippen molar-refractivity contribution >= 4 is 0 Å². The first-order chi connectivity index (χ1) is 11.6. The van der Waals surface area contributed by atoms with Crippen LogP contribution < -0.4 is 9.47 Å². The van der Waals surface area contributed by atoms with E-state index >= 15 is 0 Å². The third kappa shape index (κ3) is 5.92. The van der Waals surface area contributed by atoms with Crippen LogP contribution in [0.15, 0.2) is 36.4 Å². The molecule has 0 fully saturated rings. The lowest BCUT2D eigenvalue weighted by molar-refractivity contribution is 0.286. The lowest BCUT2D eigenvalue weighted by atomic mass is 10.1. The third-order valence-corrected chi connectivity index (χ3v) is 4.21. The summed E-state index contributed by atoms with van der Waals surface area (Å²) in [7, 11) is 0. The molecule has 0 heterocycles. The van der Waals surface area contributed by atoms with Crippen molar-refractivity contribution in [3.8, 4) is 11.5 Å². The predicted molar refractivity (Wildman–Crippen MR) is 101 cm³/mol. The molecule has 2 heteroatoms. The third-order valence-electron chi connectivity index (χ3n) is 4.21. The first kappa shape index (κ1) is 18.4. The van der Waals surface area contributed by atoms with E-state index in [1.54, 1.807) is 0 Å². The van der Waals surface area contributed by atoms with E-state index in [0.29, 0.717) is 0 Å². The highest BCUT2D eigenvalue weighted by Gasteiger charge is 2.01. The van der Waals surface area contributed by atoms with Crippen LogP contribution in [0.25, 0.3) is 0 Å². The topological polar surface area (TPSA) is 18.5 Å². The Hall–Kier alpha value is -1.96. The second-order valence-electron chi connectivity index (χ2n) is 6.65. The van der Waals surface area contributed by atoms with Gasteiger partial charge in [0.05, 0.1) is 13.2 Å². The summed E-state index contributed by atoms with van der Waals surface area (Å²) in [6.45, 7) is 10.0. The van der Waals surface area contributed by atoms with Crippen LogP contribution in [0.1, 0.15) is 47.9 Å². The van der Waals surface area contributed by atoms with Gasteiger partial charge in [-0.15, -0.1) is 0 Å². The molecule has 0 aliphatic heterocycles. The van der Waals surface area contributed by atoms with Crippen molar-refractivity contribution in [2.75, 3.05) is 13.2 Å². The minimum Gasteiger partial charge on any atom is -0.493 e. The molecule has 0 unspecified atom stereocenters. The summed E-state index contributed by atoms with van der Waals surface area (Å²) in [5.41, 5.74) is 5.00. The summed E-state index contributed by atoms with van der Waals surface area (Å²) >= 11 is 0. The summed E-state index contributed by atoms with van der Waals surface area (Å²) in [4.78, 5) is 0. The molecule has 0 saturated carbocycles. The summed E-state index contributed by atoms with van der Waals surface area (Å²) in [5, 5.41) is 0. The number of benzene rings is 2. The number of ether oxygens (including phenoxy) is 2. The van der Waals surface area contributed by atoms with Gasteiger partial charge in [0, 0.05) is 0 Å². The molecule has 2 aromatic rings. The SMILES string of the molecule is Cc1ccc(OCCCCCCOc2ccc(C)cc2C)c(C)c1. The summed E-state index contributed by atoms with van der Waals surface area (Å²) in [6, 6.07) is 12.7. The molecule has 0 bridgehead atoms. The number of aryl methyl sites for hydroxylation is 4. The molecule has 0 saturated heterocycles. The fourth-order valence-corrected chi connectivity index (χ4v) is 2.84. The normalized spacial score (nSPS) is 10.7. The van der Waals surface area contributed by atoms with Crippen LogP contribution in [-0.2, 0) is 0 Å². The van der Waals surface area contributed by atoms with Crippen LogP contribution in [0.4, 0.5) is 0 Å². The number of hydrogen-bond donors (Lipinski definition) is 0. The predicted octanol–water partition coefficient (Wildman–Crippen LogP) is 5.94. The van der Waals surface area contributed by atoms with Gasteiger partial charge in [0.2, 0.25) is 0 Å². The zero-order valence-corrected chi connectivity index (χ0v) is 15.5. The van der Waals surface area contributed by atoms with E-state index in [1.807, 2.05) is 0 Å². The number of rotatable bonds is 9. The zero-order chi connectivity index (χ0) is 17.4. The minimum atomic E-state index is 0.793. The smallest absolute Gasteiger partial charge is 0.122 e. The maximum atomic E-state index is 5.86. The number of hydrogen-bond acceptors (Lipinski definition) is 2. The molecule has 0 radical (unpaired) electrons. The lowest BCUT2D eigenvalue weighted by Crippen LogP contribution is -2.01. The molecule has 0 spiro atoms. The first-order valence-corrected chi connectivity index (χ1v) is 8.96. The second kappa shape index (κ2) is 9.36. The van der Waals surface area contributed by atoms with Gasteiger partial charge in [-0.2, -0.15) is 0 Å². The highest BCUT2D eigenvalue weighted by atomic mass is 16.5. The molecular formula is C22H30O2. The van der Waals surface area contributed by atoms with E-state index < -0.39 is 0 Å². The quantitative estimate of drug-likeness (QED) is 0.531. The highest BCUT2D eigenvalue weighted by molar-refractivity contribution is 5.36. The number of unbranched alkanes of at least 4 members (excludes halogenated alkanes) is 3. The van der Waals surface area contributed by atoms with Gasteiger partial charge in [0.1, 0.15) is 11.5 Å². The molecule has 2 rings (SSSR count). The largest absolute Gasteiger partial charge is 0.493 e. The van der Waals surface area contributed by atoms with E-state index in [0.717, 1.165) is 37.6 Å². The minimum absolute atomic E-state index is 0.793. The van der Waals surface area contributed by atoms with Crippen molar-refractivity contribution in [1.82, 2.24) is 0 Å². The van der Waals surface area contributed by atoms with Crippen molar-refractivity contribution in [3.05, 3.63) is 58.7 Å². The van der Waals surface area contributed by atoms with Crippen LogP contribution in [0.3, 0.4) is 0 Å². The fourth-order valence-electron chi connectivity index (χ4n) is 2.84. The molecule has 0 aromatic heterocycles. The van der Waals surface area contributed by atoms with E-state index in [9.17, 15) is 0 Å². The Labute approximate surface area is 146 Å². The fraction of sp³-hybridized carbons (Fsp3) is 0.455. The van der Waals surface area contributed by atoms with Gasteiger partial charge in [-0.25, -0.2) is 0 Å². The van der Waals surface area contributed by atoms with Crippen LogP contribution in [0.5, 0.6) is 11.5 Å². The van der Waals surface area contributed by atoms with Crippen molar-refractivity contribution in [2.24, 2.45) is 0 Å². The van der Waals surface area contributed by atoms with E-state index in [4.69, 9.17) is 9.47 Å². The van der Waals surface area contributed by atoms with E-state index in [1.165, 1.54) is 35.1 Å². The monoisotopic (exact) mass is 326 g/mol. The molecule has 0 N–H and O–H groups in total. The van der Waals surface area contributed by atoms with Crippen molar-refractivity contribution in [2.45, 2.75) is 53.4 Å². The van der Waals surface area contributed by atoms with E-state index in [2.05, 4.69) is 64.1 Å². The van der Waals surface area contributed by atoms with Crippen molar-refractivity contribution in [1.29, 1.82) is 0 Å². The van der Waals surface area contributed by atoms with Gasteiger partial charge >= 0.3 is 0 Å². The molecule has 24 heavy (non-hydrogen) atoms. The Morgan fingerprint density at radius 3 is 1.38 bits per heavy atom. The Kier molecular flexibility index (Phi) is 7.17. The molecule has 0 atom stereocenters. The van der Waals surface area contributed by atoms with Gasteiger partial charge < -0.3 is 9.47 Å². The van der Waals surface area contributed by atoms with Crippen LogP contribution in [0, 0.1) is 27.7 Å². The Morgan fingerprint density at radius 2 is 1.00 bits per heavy atom. The summed E-state index contributed by atoms with van der Waals surface area (Å²) in [6.07, 6.45) is 4.55. The summed E-state index contributed by atoms with van der Waals surface area (Å²) < 4.78 is 11.7. The van der Waals surface area contributed by atoms with Gasteiger partial charge in [0.25, 0.3) is 0 Å². The van der Waals surface area contributed by atoms with Crippen LogP contribution in [-0.4, -0.2) is 13.2 Å². The van der Waals surface area contributed by atoms with Gasteiger partial charge in [0.15, 0.2) is 0 Å². The average molecular weight is 326 g/mol. The van der Waals surface area contributed by atoms with E-state index in [-0.39, 0.29) is 0 Å². The second-order valence-corrected chi connectivity index (χ2v) is 6.65. The Bertz CT molecular complexity index is 589. The molecule has 0 amide bonds. The lowest BCUT2D eigenvalue weighted by Gasteiger charge is -2.11. The van der Waals surface area contributed by atoms with Crippen molar-refractivity contribution in [3.63, 3.8) is 0 Å². The maximum absolute atomic E-state index is 5.86. The molecule has 0 aliphatic carbocycles. The van der Waals surface area contributed by atoms with Crippen LogP contribution in [0.2, 0.25) is 0 Å². The molecule has 2 nitrogen and oxygen atoms in total. The van der Waals surface area contributed by atoms with Gasteiger partial charge in [-0.05, 0) is 76.6 Å². The first-order valence-electron chi connectivity index (χ1n) is 8.96. The Morgan fingerprint density at radius 1 is 0.583 bits per heavy atom. The molecule has 2 aromatic carbocycles. The van der Waals surface area contributed by atoms with Gasteiger partial charge in [-0.1, -0.05) is 35.4 Å². The molecule has 130 valence electrons. The maximum Gasteiger partial charge on any atom is 0.122 e. The van der Waals surface area contributed by atoms with Gasteiger partial charge in [-0.3, -0.25) is 0 Å². The summed E-state index contributed by atoms with van der Waals surface area (Å²) in [5.74, 6) is 2.03. The highest BCUT2D eigenvalue weighted by Crippen LogP contribution is 2.20. The van der Waals surface area contributed by atoms with Crippen molar-refractivity contribution < 1.29 is 9.47 Å².